The molecule has 1 unspecified atom stereocenters. The number of aromatic nitrogens is 1. The summed E-state index contributed by atoms with van der Waals surface area (Å²) >= 11 is 0. The van der Waals surface area contributed by atoms with Crippen LogP contribution in [-0.4, -0.2) is 32.2 Å². The van der Waals surface area contributed by atoms with E-state index in [0.29, 0.717) is 39.8 Å². The second kappa shape index (κ2) is 9.24. The molecule has 0 spiro atoms. The second-order valence-corrected chi connectivity index (χ2v) is 7.63. The number of carbonyl (C=O) groups is 1. The van der Waals surface area contributed by atoms with Crippen LogP contribution < -0.4 is 19.5 Å². The van der Waals surface area contributed by atoms with E-state index in [1.807, 2.05) is 62.4 Å². The first-order chi connectivity index (χ1) is 15.9. The molecule has 0 aliphatic heterocycles. The van der Waals surface area contributed by atoms with Gasteiger partial charge in [0.2, 0.25) is 5.75 Å². The van der Waals surface area contributed by atoms with Crippen molar-refractivity contribution in [2.24, 2.45) is 0 Å². The number of aryl methyl sites for hydroxylation is 1. The first kappa shape index (κ1) is 22.2. The van der Waals surface area contributed by atoms with Crippen molar-refractivity contribution in [1.82, 2.24) is 10.3 Å². The van der Waals surface area contributed by atoms with Crippen molar-refractivity contribution in [2.45, 2.75) is 19.9 Å². The number of para-hydroxylation sites is 1. The molecule has 0 bridgehead atoms. The molecule has 0 saturated carbocycles. The third-order valence-electron chi connectivity index (χ3n) is 5.46. The Morgan fingerprint density at radius 1 is 0.970 bits per heavy atom. The number of hydrogen-bond donors (Lipinski definition) is 1. The van der Waals surface area contributed by atoms with Crippen molar-refractivity contribution in [3.05, 3.63) is 71.7 Å². The molecule has 1 N–H and O–H groups in total. The van der Waals surface area contributed by atoms with Gasteiger partial charge < -0.3 is 23.9 Å². The number of carbonyl (C=O) groups excluding carboxylic acids is 1. The Bertz CT molecular complexity index is 1290. The van der Waals surface area contributed by atoms with Crippen LogP contribution in [0.15, 0.2) is 59.0 Å². The minimum Gasteiger partial charge on any atom is -0.493 e. The van der Waals surface area contributed by atoms with Crippen molar-refractivity contribution >= 4 is 16.8 Å². The van der Waals surface area contributed by atoms with Gasteiger partial charge in [-0.25, -0.2) is 4.98 Å². The van der Waals surface area contributed by atoms with Gasteiger partial charge in [-0.15, -0.1) is 0 Å². The fourth-order valence-electron chi connectivity index (χ4n) is 3.77. The highest BCUT2D eigenvalue weighted by Crippen LogP contribution is 2.41. The number of nitrogens with zero attached hydrogens (tertiary/aromatic N) is 1. The van der Waals surface area contributed by atoms with Crippen molar-refractivity contribution in [3.8, 4) is 28.5 Å². The number of ether oxygens (including phenoxy) is 3. The largest absolute Gasteiger partial charge is 0.493 e. The molecule has 7 nitrogen and oxygen atoms in total. The highest BCUT2D eigenvalue weighted by Gasteiger charge is 2.20. The van der Waals surface area contributed by atoms with E-state index >= 15 is 0 Å². The number of amides is 1. The third kappa shape index (κ3) is 4.35. The first-order valence-electron chi connectivity index (χ1n) is 10.5. The number of fused-ring (bicyclic) bond motifs is 1. The summed E-state index contributed by atoms with van der Waals surface area (Å²) in [5, 5.41) is 3.79. The van der Waals surface area contributed by atoms with Crippen molar-refractivity contribution in [3.63, 3.8) is 0 Å². The molecule has 7 heteroatoms. The topological polar surface area (TPSA) is 82.8 Å². The summed E-state index contributed by atoms with van der Waals surface area (Å²) in [6.45, 7) is 3.76. The van der Waals surface area contributed by atoms with Gasteiger partial charge in [-0.05, 0) is 50.2 Å². The van der Waals surface area contributed by atoms with Crippen molar-refractivity contribution in [2.75, 3.05) is 21.3 Å². The highest BCUT2D eigenvalue weighted by molar-refractivity contribution is 6.07. The van der Waals surface area contributed by atoms with Crippen LogP contribution in [0, 0.1) is 6.92 Å². The number of hydrogen-bond acceptors (Lipinski definition) is 6. The first-order valence-corrected chi connectivity index (χ1v) is 10.5. The van der Waals surface area contributed by atoms with E-state index in [9.17, 15) is 4.79 Å². The summed E-state index contributed by atoms with van der Waals surface area (Å²) in [5.41, 5.74) is 2.56. The smallest absolute Gasteiger partial charge is 0.252 e. The van der Waals surface area contributed by atoms with E-state index in [-0.39, 0.29) is 11.9 Å². The van der Waals surface area contributed by atoms with E-state index < -0.39 is 0 Å². The van der Waals surface area contributed by atoms with Gasteiger partial charge in [-0.2, -0.15) is 0 Å². The van der Waals surface area contributed by atoms with Crippen LogP contribution in [0.3, 0.4) is 0 Å². The monoisotopic (exact) mass is 446 g/mol. The minimum atomic E-state index is -0.289. The summed E-state index contributed by atoms with van der Waals surface area (Å²) in [4.78, 5) is 18.1. The van der Waals surface area contributed by atoms with E-state index in [1.54, 1.807) is 27.4 Å². The quantitative estimate of drug-likeness (QED) is 0.414. The molecule has 0 aliphatic carbocycles. The van der Waals surface area contributed by atoms with Gasteiger partial charge in [0.1, 0.15) is 11.5 Å². The molecular formula is C26H26N2O5. The molecule has 1 atom stereocenters. The maximum Gasteiger partial charge on any atom is 0.252 e. The summed E-state index contributed by atoms with van der Waals surface area (Å²) in [6, 6.07) is 16.4. The Kier molecular flexibility index (Phi) is 6.22. The molecule has 0 fully saturated rings. The Labute approximate surface area is 192 Å². The Hall–Kier alpha value is -4.00. The molecule has 0 aliphatic rings. The van der Waals surface area contributed by atoms with Gasteiger partial charge in [0, 0.05) is 10.9 Å². The predicted molar refractivity (Wildman–Crippen MR) is 126 cm³/mol. The maximum absolute atomic E-state index is 13.3. The number of furan rings is 1. The van der Waals surface area contributed by atoms with Gasteiger partial charge >= 0.3 is 0 Å². The highest BCUT2D eigenvalue weighted by atomic mass is 16.5. The van der Waals surface area contributed by atoms with Gasteiger partial charge in [0.25, 0.3) is 5.91 Å². The lowest BCUT2D eigenvalue weighted by molar-refractivity contribution is 0.0936. The molecule has 2 heterocycles. The minimum absolute atomic E-state index is 0.219. The van der Waals surface area contributed by atoms with Crippen LogP contribution in [-0.2, 0) is 0 Å². The van der Waals surface area contributed by atoms with E-state index in [1.165, 1.54) is 0 Å². The zero-order chi connectivity index (χ0) is 23.5. The molecule has 2 aromatic heterocycles. The van der Waals surface area contributed by atoms with Crippen LogP contribution in [0.2, 0.25) is 0 Å². The second-order valence-electron chi connectivity index (χ2n) is 7.63. The number of methoxy groups -OCH3 is 3. The molecule has 4 aromatic rings. The van der Waals surface area contributed by atoms with Gasteiger partial charge in [0.15, 0.2) is 11.5 Å². The lowest BCUT2D eigenvalue weighted by Gasteiger charge is -2.16. The van der Waals surface area contributed by atoms with Crippen LogP contribution in [0.4, 0.5) is 0 Å². The molecular weight excluding hydrogens is 420 g/mol. The fraction of sp³-hybridized carbons (Fsp3) is 0.231. The molecule has 4 rings (SSSR count). The maximum atomic E-state index is 13.3. The SMILES string of the molecule is COc1cc(-c2cc(C(=O)NC(C)c3ccc(C)o3)c3ccccc3n2)cc(OC)c1OC. The Balaban J connectivity index is 1.80. The number of rotatable bonds is 7. The van der Waals surface area contributed by atoms with Crippen molar-refractivity contribution < 1.29 is 23.4 Å². The van der Waals surface area contributed by atoms with Crippen LogP contribution in [0.5, 0.6) is 17.2 Å². The van der Waals surface area contributed by atoms with Gasteiger partial charge in [-0.3, -0.25) is 4.79 Å². The third-order valence-corrected chi connectivity index (χ3v) is 5.46. The zero-order valence-electron chi connectivity index (χ0n) is 19.3. The van der Waals surface area contributed by atoms with Gasteiger partial charge in [-0.1, -0.05) is 18.2 Å². The van der Waals surface area contributed by atoms with Gasteiger partial charge in [0.05, 0.1) is 44.1 Å². The average molecular weight is 447 g/mol. The normalized spacial score (nSPS) is 11.8. The average Bonchev–Trinajstić information content (AvgIpc) is 3.28. The summed E-state index contributed by atoms with van der Waals surface area (Å²) in [6.07, 6.45) is 0. The molecule has 2 aromatic carbocycles. The molecule has 1 amide bonds. The summed E-state index contributed by atoms with van der Waals surface area (Å²) in [7, 11) is 4.68. The zero-order valence-corrected chi connectivity index (χ0v) is 19.3. The van der Waals surface area contributed by atoms with E-state index in [2.05, 4.69) is 5.32 Å². The number of nitrogens with one attached hydrogen (secondary N) is 1. The van der Waals surface area contributed by atoms with Crippen LogP contribution in [0.25, 0.3) is 22.2 Å². The fourth-order valence-corrected chi connectivity index (χ4v) is 3.77. The van der Waals surface area contributed by atoms with Crippen molar-refractivity contribution in [1.29, 1.82) is 0 Å². The molecule has 0 saturated heterocycles. The molecule has 33 heavy (non-hydrogen) atoms. The lowest BCUT2D eigenvalue weighted by atomic mass is 10.0. The Morgan fingerprint density at radius 3 is 2.27 bits per heavy atom. The summed E-state index contributed by atoms with van der Waals surface area (Å²) in [5.74, 6) is 2.78. The van der Waals surface area contributed by atoms with Crippen LogP contribution >= 0.6 is 0 Å². The van der Waals surface area contributed by atoms with Crippen LogP contribution in [0.1, 0.15) is 34.8 Å². The molecule has 170 valence electrons. The summed E-state index contributed by atoms with van der Waals surface area (Å²) < 4.78 is 22.1. The Morgan fingerprint density at radius 2 is 1.67 bits per heavy atom. The van der Waals surface area contributed by atoms with E-state index in [0.717, 1.165) is 16.7 Å². The molecule has 0 radical (unpaired) electrons. The predicted octanol–water partition coefficient (Wildman–Crippen LogP) is 5.32. The number of benzene rings is 2. The van der Waals surface area contributed by atoms with E-state index in [4.69, 9.17) is 23.6 Å². The number of pyridine rings is 1. The lowest BCUT2D eigenvalue weighted by Crippen LogP contribution is -2.26. The standard InChI is InChI=1S/C26H26N2O5/c1-15-10-11-22(33-15)16(2)27-26(29)19-14-21(28-20-9-7-6-8-18(19)20)17-12-23(30-3)25(32-5)24(13-17)31-4/h6-14,16H,1-5H3,(H,27,29).